The van der Waals surface area contributed by atoms with E-state index in [2.05, 4.69) is 0 Å². The topological polar surface area (TPSA) is 79.3 Å². The number of benzene rings is 2. The highest BCUT2D eigenvalue weighted by Crippen LogP contribution is 2.43. The van der Waals surface area contributed by atoms with Crippen LogP contribution in [0.25, 0.3) is 5.76 Å². The number of aliphatic hydroxyl groups is 1. The molecule has 188 valence electrons. The maximum absolute atomic E-state index is 13.4. The summed E-state index contributed by atoms with van der Waals surface area (Å²) in [5.41, 5.74) is 2.92. The van der Waals surface area contributed by atoms with Gasteiger partial charge in [0.05, 0.1) is 25.8 Å². The average Bonchev–Trinajstić information content (AvgIpc) is 3.07. The van der Waals surface area contributed by atoms with E-state index in [1.54, 1.807) is 25.2 Å². The molecule has 1 amide bonds. The van der Waals surface area contributed by atoms with E-state index in [9.17, 15) is 14.7 Å². The lowest BCUT2D eigenvalue weighted by Crippen LogP contribution is -2.32. The van der Waals surface area contributed by atoms with E-state index in [0.717, 1.165) is 23.4 Å². The molecule has 0 aromatic heterocycles. The fourth-order valence-corrected chi connectivity index (χ4v) is 4.61. The van der Waals surface area contributed by atoms with Gasteiger partial charge in [0.2, 0.25) is 0 Å². The summed E-state index contributed by atoms with van der Waals surface area (Å²) in [5.74, 6) is -0.0790. The molecule has 0 spiro atoms. The van der Waals surface area contributed by atoms with Crippen LogP contribution in [0.2, 0.25) is 0 Å². The molecule has 1 atom stereocenters. The SMILES string of the molecule is COc1cc(C)c(/C(O)=C2\C(=O)C(=O)N(CCCN(C)C)C2c2ccccc2OC)cc1C(C)C. The van der Waals surface area contributed by atoms with Crippen molar-refractivity contribution >= 4 is 17.4 Å². The van der Waals surface area contributed by atoms with Crippen LogP contribution in [-0.2, 0) is 9.59 Å². The number of amides is 1. The first-order valence-electron chi connectivity index (χ1n) is 11.9. The molecular formula is C28H36N2O5. The van der Waals surface area contributed by atoms with Crippen molar-refractivity contribution in [3.8, 4) is 11.5 Å². The zero-order valence-corrected chi connectivity index (χ0v) is 21.7. The summed E-state index contributed by atoms with van der Waals surface area (Å²) in [6, 6.07) is 10.3. The lowest BCUT2D eigenvalue weighted by atomic mass is 9.90. The molecule has 2 aromatic carbocycles. The molecule has 1 N–H and O–H groups in total. The van der Waals surface area contributed by atoms with Crippen molar-refractivity contribution in [2.24, 2.45) is 0 Å². The zero-order valence-electron chi connectivity index (χ0n) is 21.7. The Balaban J connectivity index is 2.23. The van der Waals surface area contributed by atoms with Crippen molar-refractivity contribution in [2.45, 2.75) is 39.2 Å². The Kier molecular flexibility index (Phi) is 8.22. The third kappa shape index (κ3) is 5.20. The third-order valence-corrected chi connectivity index (χ3v) is 6.43. The predicted octanol–water partition coefficient (Wildman–Crippen LogP) is 4.51. The second-order valence-electron chi connectivity index (χ2n) is 9.46. The van der Waals surface area contributed by atoms with Gasteiger partial charge < -0.3 is 24.4 Å². The number of para-hydroxylation sites is 1. The highest BCUT2D eigenvalue weighted by Gasteiger charge is 2.47. The van der Waals surface area contributed by atoms with Gasteiger partial charge in [-0.05, 0) is 69.2 Å². The van der Waals surface area contributed by atoms with Gasteiger partial charge in [-0.2, -0.15) is 0 Å². The smallest absolute Gasteiger partial charge is 0.295 e. The number of ketones is 1. The number of carbonyl (C=O) groups excluding carboxylic acids is 2. The van der Waals surface area contributed by atoms with Crippen LogP contribution in [0.15, 0.2) is 42.0 Å². The molecular weight excluding hydrogens is 444 g/mol. The lowest BCUT2D eigenvalue weighted by molar-refractivity contribution is -0.140. The normalized spacial score (nSPS) is 17.5. The number of aryl methyl sites for hydroxylation is 1. The molecule has 0 bridgehead atoms. The number of aliphatic hydroxyl groups excluding tert-OH is 1. The molecule has 1 aliphatic rings. The van der Waals surface area contributed by atoms with E-state index in [4.69, 9.17) is 9.47 Å². The number of hydrogen-bond acceptors (Lipinski definition) is 6. The van der Waals surface area contributed by atoms with Crippen molar-refractivity contribution in [1.82, 2.24) is 9.80 Å². The second-order valence-corrected chi connectivity index (χ2v) is 9.46. The number of likely N-dealkylation sites (tertiary alicyclic amines) is 1. The van der Waals surface area contributed by atoms with E-state index in [1.165, 1.54) is 0 Å². The molecule has 1 heterocycles. The molecule has 3 rings (SSSR count). The van der Waals surface area contributed by atoms with Crippen LogP contribution in [-0.4, -0.2) is 68.0 Å². The number of carbonyl (C=O) groups is 2. The summed E-state index contributed by atoms with van der Waals surface area (Å²) >= 11 is 0. The molecule has 0 radical (unpaired) electrons. The molecule has 2 aromatic rings. The molecule has 1 unspecified atom stereocenters. The van der Waals surface area contributed by atoms with Crippen LogP contribution in [0.3, 0.4) is 0 Å². The Bertz CT molecular complexity index is 1140. The molecule has 7 nitrogen and oxygen atoms in total. The summed E-state index contributed by atoms with van der Waals surface area (Å²) < 4.78 is 11.1. The summed E-state index contributed by atoms with van der Waals surface area (Å²) in [4.78, 5) is 30.2. The van der Waals surface area contributed by atoms with Crippen LogP contribution in [0, 0.1) is 6.92 Å². The largest absolute Gasteiger partial charge is 0.507 e. The van der Waals surface area contributed by atoms with Gasteiger partial charge in [0.15, 0.2) is 0 Å². The van der Waals surface area contributed by atoms with Gasteiger partial charge in [-0.1, -0.05) is 32.0 Å². The van der Waals surface area contributed by atoms with E-state index < -0.39 is 17.7 Å². The Labute approximate surface area is 207 Å². The van der Waals surface area contributed by atoms with Crippen molar-refractivity contribution < 1.29 is 24.2 Å². The van der Waals surface area contributed by atoms with Crippen LogP contribution in [0.5, 0.6) is 11.5 Å². The Morgan fingerprint density at radius 3 is 2.34 bits per heavy atom. The fourth-order valence-electron chi connectivity index (χ4n) is 4.61. The van der Waals surface area contributed by atoms with E-state index in [-0.39, 0.29) is 17.3 Å². The van der Waals surface area contributed by atoms with E-state index >= 15 is 0 Å². The number of ether oxygens (including phenoxy) is 2. The Morgan fingerprint density at radius 2 is 1.74 bits per heavy atom. The predicted molar refractivity (Wildman–Crippen MR) is 137 cm³/mol. The number of Topliss-reactive ketones (excluding diaryl/α,β-unsaturated/α-hetero) is 1. The monoisotopic (exact) mass is 480 g/mol. The quantitative estimate of drug-likeness (QED) is 0.323. The first-order chi connectivity index (χ1) is 16.6. The zero-order chi connectivity index (χ0) is 25.9. The van der Waals surface area contributed by atoms with Crippen LogP contribution in [0.4, 0.5) is 0 Å². The Morgan fingerprint density at radius 1 is 1.09 bits per heavy atom. The molecule has 1 aliphatic heterocycles. The molecule has 7 heteroatoms. The maximum atomic E-state index is 13.4. The summed E-state index contributed by atoms with van der Waals surface area (Å²) in [7, 11) is 7.09. The van der Waals surface area contributed by atoms with Gasteiger partial charge in [-0.25, -0.2) is 0 Å². The third-order valence-electron chi connectivity index (χ3n) is 6.43. The standard InChI is InChI=1S/C28H36N2O5/c1-17(2)20-16-21(18(3)15-23(20)35-7)26(31)24-25(19-11-8-9-12-22(19)34-6)30(28(33)27(24)32)14-10-13-29(4)5/h8-9,11-12,15-17,25,31H,10,13-14H2,1-7H3/b26-24+. The number of rotatable bonds is 9. The summed E-state index contributed by atoms with van der Waals surface area (Å²) in [6.45, 7) is 7.07. The van der Waals surface area contributed by atoms with E-state index in [0.29, 0.717) is 29.8 Å². The second kappa shape index (κ2) is 11.0. The number of hydrogen-bond donors (Lipinski definition) is 1. The van der Waals surface area contributed by atoms with Gasteiger partial charge >= 0.3 is 0 Å². The molecule has 1 saturated heterocycles. The Hall–Kier alpha value is -3.32. The van der Waals surface area contributed by atoms with Crippen LogP contribution >= 0.6 is 0 Å². The van der Waals surface area contributed by atoms with Crippen LogP contribution < -0.4 is 9.47 Å². The first-order valence-corrected chi connectivity index (χ1v) is 11.9. The average molecular weight is 481 g/mol. The van der Waals surface area contributed by atoms with Gasteiger partial charge in [-0.15, -0.1) is 0 Å². The number of nitrogens with zero attached hydrogens (tertiary/aromatic N) is 2. The molecule has 35 heavy (non-hydrogen) atoms. The van der Waals surface area contributed by atoms with Crippen molar-refractivity contribution in [3.63, 3.8) is 0 Å². The van der Waals surface area contributed by atoms with Crippen LogP contribution in [0.1, 0.15) is 54.5 Å². The van der Waals surface area contributed by atoms with Gasteiger partial charge in [0.25, 0.3) is 11.7 Å². The van der Waals surface area contributed by atoms with Crippen molar-refractivity contribution in [1.29, 1.82) is 0 Å². The van der Waals surface area contributed by atoms with Crippen molar-refractivity contribution in [3.05, 3.63) is 64.2 Å². The maximum Gasteiger partial charge on any atom is 0.295 e. The van der Waals surface area contributed by atoms with Gasteiger partial charge in [0.1, 0.15) is 17.3 Å². The highest BCUT2D eigenvalue weighted by atomic mass is 16.5. The number of methoxy groups -OCH3 is 2. The summed E-state index contributed by atoms with van der Waals surface area (Å²) in [6.07, 6.45) is 0.685. The van der Waals surface area contributed by atoms with Gasteiger partial charge in [0, 0.05) is 17.7 Å². The van der Waals surface area contributed by atoms with Gasteiger partial charge in [-0.3, -0.25) is 9.59 Å². The summed E-state index contributed by atoms with van der Waals surface area (Å²) in [5, 5.41) is 11.6. The van der Waals surface area contributed by atoms with E-state index in [1.807, 2.05) is 70.1 Å². The minimum atomic E-state index is -0.752. The minimum Gasteiger partial charge on any atom is -0.507 e. The highest BCUT2D eigenvalue weighted by molar-refractivity contribution is 6.46. The fraction of sp³-hybridized carbons (Fsp3) is 0.429. The first kappa shape index (κ1) is 26.3. The minimum absolute atomic E-state index is 0.0762. The molecule has 0 aliphatic carbocycles. The lowest BCUT2D eigenvalue weighted by Gasteiger charge is -2.27. The molecule has 1 fully saturated rings. The molecule has 0 saturated carbocycles. The van der Waals surface area contributed by atoms with Crippen molar-refractivity contribution in [2.75, 3.05) is 41.4 Å².